The van der Waals surface area contributed by atoms with E-state index in [2.05, 4.69) is 10.1 Å². The number of carbonyl (C=O) groups excluding carboxylic acids is 4. The van der Waals surface area contributed by atoms with E-state index >= 15 is 0 Å². The quantitative estimate of drug-likeness (QED) is 0.0514. The number of oxime groups is 1. The van der Waals surface area contributed by atoms with E-state index < -0.39 is 69.3 Å². The highest BCUT2D eigenvalue weighted by Crippen LogP contribution is 2.50. The molecule has 19 heteroatoms. The van der Waals surface area contributed by atoms with Crippen molar-refractivity contribution in [1.82, 2.24) is 14.8 Å². The molecule has 0 saturated carbocycles. The number of nitrogens with zero attached hydrogens (tertiary/aromatic N) is 5. The fraction of sp³-hybridized carbons (Fsp3) is 0.455. The van der Waals surface area contributed by atoms with Gasteiger partial charge in [-0.25, -0.2) is 14.6 Å². The molecule has 1 aromatic heterocycles. The average Bonchev–Trinajstić information content (AvgIpc) is 3.83. The third-order valence-corrected chi connectivity index (χ3v) is 12.7. The van der Waals surface area contributed by atoms with Gasteiger partial charge in [0.05, 0.1) is 42.1 Å². The molecular formula is C33H35N6O11S2+. The van der Waals surface area contributed by atoms with Crippen LogP contribution in [-0.4, -0.2) is 130 Å². The summed E-state index contributed by atoms with van der Waals surface area (Å²) in [6.45, 7) is 4.98. The lowest BCUT2D eigenvalue weighted by Gasteiger charge is -2.50. The number of ketones is 1. The number of amides is 3. The average molecular weight is 756 g/mol. The molecule has 6 N–H and O–H groups in total. The van der Waals surface area contributed by atoms with Crippen LogP contribution in [0.5, 0.6) is 11.5 Å². The van der Waals surface area contributed by atoms with Gasteiger partial charge in [-0.2, -0.15) is 0 Å². The standard InChI is InChI=1S/C33H34N6O11S2/c1-32(2,30(48)49)50-36-23(19-12-52-31(34)35-19)22(42)9-18-27(45)38-24(29(46)47)15(11-51-28(18)38)10-39-5-3-33(14-39,4-6-39)13-37-25(43)16-7-20(40)21(41)8-17(16)26(37)44/h7-8,12,18,28H,3-6,9-11,13-14H2,1-2H3,(H5-,34,35,36,40,41,42,43,44,46,47,48,49)/p+1/t18-,28-,33?,39?/m1/s1. The summed E-state index contributed by atoms with van der Waals surface area (Å²) >= 11 is 2.39. The summed E-state index contributed by atoms with van der Waals surface area (Å²) in [5.41, 5.74) is 3.88. The maximum Gasteiger partial charge on any atom is 0.352 e. The number of hydrogen-bond donors (Lipinski definition) is 5. The first-order valence-electron chi connectivity index (χ1n) is 16.4. The van der Waals surface area contributed by atoms with Crippen LogP contribution in [0.25, 0.3) is 0 Å². The monoisotopic (exact) mass is 755 g/mol. The predicted octanol–water partition coefficient (Wildman–Crippen LogP) is 1.46. The number of imide groups is 1. The topological polar surface area (TPSA) is 250 Å². The summed E-state index contributed by atoms with van der Waals surface area (Å²) in [4.78, 5) is 89.4. The Labute approximate surface area is 303 Å². The van der Waals surface area contributed by atoms with Gasteiger partial charge in [0.15, 0.2) is 28.1 Å². The summed E-state index contributed by atoms with van der Waals surface area (Å²) in [6.07, 6.45) is 1.04. The van der Waals surface area contributed by atoms with Crippen LogP contribution in [-0.2, 0) is 24.0 Å². The third-order valence-electron chi connectivity index (χ3n) is 10.7. The number of β-lactam (4-membered cyclic amide) rings is 1. The number of carbonyl (C=O) groups is 6. The zero-order valence-corrected chi connectivity index (χ0v) is 29.7. The molecule has 6 heterocycles. The number of quaternary nitrogens is 1. The number of phenolic OH excluding ortho intramolecular Hbond substituents is 2. The molecule has 3 amide bonds. The van der Waals surface area contributed by atoms with Crippen molar-refractivity contribution in [2.75, 3.05) is 44.2 Å². The number of nitrogens with two attached hydrogens (primary N) is 1. The first kappa shape index (κ1) is 35.4. The van der Waals surface area contributed by atoms with E-state index in [0.717, 1.165) is 28.4 Å². The Morgan fingerprint density at radius 2 is 1.73 bits per heavy atom. The molecule has 1 aromatic carbocycles. The van der Waals surface area contributed by atoms with E-state index in [1.54, 1.807) is 0 Å². The predicted molar refractivity (Wildman–Crippen MR) is 183 cm³/mol. The lowest BCUT2D eigenvalue weighted by atomic mass is 9.84. The van der Waals surface area contributed by atoms with E-state index in [9.17, 15) is 49.2 Å². The molecule has 0 unspecified atom stereocenters. The number of carboxylic acid groups (broad SMARTS) is 2. The van der Waals surface area contributed by atoms with Gasteiger partial charge in [-0.3, -0.25) is 29.0 Å². The molecule has 5 aliphatic rings. The van der Waals surface area contributed by atoms with Gasteiger partial charge in [0.25, 0.3) is 11.8 Å². The van der Waals surface area contributed by atoms with E-state index in [1.165, 1.54) is 35.9 Å². The number of fused-ring (bicyclic) bond motifs is 4. The number of thiazole rings is 1. The molecule has 3 fully saturated rings. The van der Waals surface area contributed by atoms with Gasteiger partial charge >= 0.3 is 11.9 Å². The van der Waals surface area contributed by atoms with Crippen LogP contribution in [0.1, 0.15) is 59.5 Å². The fourth-order valence-corrected chi connectivity index (χ4v) is 9.86. The van der Waals surface area contributed by atoms with Gasteiger partial charge in [-0.05, 0) is 26.0 Å². The summed E-state index contributed by atoms with van der Waals surface area (Å²) < 4.78 is 0.537. The number of anilines is 1. The number of aliphatic carboxylic acids is 2. The summed E-state index contributed by atoms with van der Waals surface area (Å²) in [5, 5.41) is 44.3. The molecule has 274 valence electrons. The Bertz CT molecular complexity index is 1990. The zero-order chi connectivity index (χ0) is 37.5. The summed E-state index contributed by atoms with van der Waals surface area (Å²) in [6, 6.07) is 2.19. The number of phenols is 2. The Kier molecular flexibility index (Phi) is 8.37. The van der Waals surface area contributed by atoms with Crippen LogP contribution in [0.3, 0.4) is 0 Å². The number of thioether (sulfide) groups is 1. The van der Waals surface area contributed by atoms with Crippen molar-refractivity contribution in [3.8, 4) is 11.5 Å². The van der Waals surface area contributed by atoms with Crippen LogP contribution >= 0.6 is 23.1 Å². The molecular weight excluding hydrogens is 721 g/mol. The number of rotatable bonds is 12. The maximum atomic E-state index is 13.6. The summed E-state index contributed by atoms with van der Waals surface area (Å²) in [5.74, 6) is -6.39. The molecule has 2 bridgehead atoms. The van der Waals surface area contributed by atoms with Gasteiger partial charge in [0.1, 0.15) is 17.9 Å². The second kappa shape index (κ2) is 12.3. The maximum absolute atomic E-state index is 13.6. The van der Waals surface area contributed by atoms with Crippen molar-refractivity contribution in [3.05, 3.63) is 45.6 Å². The number of piperidine rings is 1. The second-order valence-corrected chi connectivity index (χ2v) is 16.5. The van der Waals surface area contributed by atoms with Crippen molar-refractivity contribution in [1.29, 1.82) is 0 Å². The highest BCUT2D eigenvalue weighted by atomic mass is 32.2. The third kappa shape index (κ3) is 5.76. The van der Waals surface area contributed by atoms with Gasteiger partial charge in [-0.1, -0.05) is 5.16 Å². The number of benzene rings is 1. The Hall–Kier alpha value is -5.01. The van der Waals surface area contributed by atoms with Gasteiger partial charge in [-0.15, -0.1) is 23.1 Å². The Morgan fingerprint density at radius 3 is 2.29 bits per heavy atom. The smallest absolute Gasteiger partial charge is 0.352 e. The van der Waals surface area contributed by atoms with E-state index in [0.29, 0.717) is 54.8 Å². The minimum Gasteiger partial charge on any atom is -0.504 e. The lowest BCUT2D eigenvalue weighted by Crippen LogP contribution is -2.62. The Morgan fingerprint density at radius 1 is 1.10 bits per heavy atom. The summed E-state index contributed by atoms with van der Waals surface area (Å²) in [7, 11) is 0. The first-order valence-corrected chi connectivity index (χ1v) is 18.3. The van der Waals surface area contributed by atoms with Crippen molar-refractivity contribution < 1.29 is 58.5 Å². The number of aromatic hydroxyl groups is 2. The lowest BCUT2D eigenvalue weighted by molar-refractivity contribution is -0.905. The molecule has 0 spiro atoms. The Balaban J connectivity index is 1.05. The molecule has 0 aliphatic carbocycles. The van der Waals surface area contributed by atoms with Crippen LogP contribution < -0.4 is 5.73 Å². The van der Waals surface area contributed by atoms with E-state index in [1.807, 2.05) is 0 Å². The number of hydrogen-bond acceptors (Lipinski definition) is 14. The normalized spacial score (nSPS) is 26.8. The minimum atomic E-state index is -1.77. The molecule has 2 atom stereocenters. The van der Waals surface area contributed by atoms with Crippen molar-refractivity contribution in [2.24, 2.45) is 16.5 Å². The SMILES string of the molecule is CC(C)(O/N=C(\C(=O)C[C@@H]1C(=O)N2C(C(=O)O)=C(C[N+]34CCC(CN5C(=O)c6cc(O)c(O)cc6C5=O)(CC3)C4)CS[C@H]12)c1csc(N)n1)C(=O)O. The largest absolute Gasteiger partial charge is 0.504 e. The van der Waals surface area contributed by atoms with E-state index in [-0.39, 0.29) is 46.3 Å². The number of nitrogen functional groups attached to an aromatic ring is 1. The van der Waals surface area contributed by atoms with Crippen LogP contribution in [0.2, 0.25) is 0 Å². The highest BCUT2D eigenvalue weighted by molar-refractivity contribution is 8.00. The number of Topliss-reactive ketones (excluding diaryl/α,β-unsaturated/α-hetero) is 1. The van der Waals surface area contributed by atoms with Gasteiger partial charge in [0.2, 0.25) is 11.5 Å². The number of aromatic nitrogens is 1. The minimum absolute atomic E-state index is 0.0320. The van der Waals surface area contributed by atoms with E-state index in [4.69, 9.17) is 10.6 Å². The fourth-order valence-electron chi connectivity index (χ4n) is 7.90. The van der Waals surface area contributed by atoms with Crippen molar-refractivity contribution in [2.45, 2.75) is 44.1 Å². The van der Waals surface area contributed by atoms with Crippen LogP contribution in [0.15, 0.2) is 33.9 Å². The van der Waals surface area contributed by atoms with Crippen LogP contribution in [0, 0.1) is 11.3 Å². The second-order valence-electron chi connectivity index (χ2n) is 14.5. The molecule has 0 radical (unpaired) electrons. The van der Waals surface area contributed by atoms with Crippen molar-refractivity contribution in [3.63, 3.8) is 0 Å². The molecule has 2 aromatic rings. The molecule has 7 rings (SSSR count). The first-order chi connectivity index (χ1) is 24.4. The molecule has 5 aliphatic heterocycles. The molecule has 3 saturated heterocycles. The molecule has 17 nitrogen and oxygen atoms in total. The van der Waals surface area contributed by atoms with Gasteiger partial charge in [0, 0.05) is 47.9 Å². The van der Waals surface area contributed by atoms with Crippen LogP contribution in [0.4, 0.5) is 5.13 Å². The van der Waals surface area contributed by atoms with Crippen molar-refractivity contribution >= 4 is 69.4 Å². The zero-order valence-electron chi connectivity index (χ0n) is 28.0. The molecule has 52 heavy (non-hydrogen) atoms. The highest BCUT2D eigenvalue weighted by Gasteiger charge is 2.59. The van der Waals surface area contributed by atoms with Gasteiger partial charge < -0.3 is 35.5 Å². The number of carboxylic acids is 2.